The molecule has 3 N–H and O–H groups in total. The number of carbonyl (C=O) groups is 1. The van der Waals surface area contributed by atoms with Crippen molar-refractivity contribution in [3.05, 3.63) is 47.3 Å². The first-order valence-corrected chi connectivity index (χ1v) is 7.30. The summed E-state index contributed by atoms with van der Waals surface area (Å²) < 4.78 is 1.72. The van der Waals surface area contributed by atoms with Gasteiger partial charge in [0.1, 0.15) is 6.54 Å². The SMILES string of the molecule is CCc1nn(CC(=O)NCc2ccccc2)c(CC)c1N. The van der Waals surface area contributed by atoms with Crippen LogP contribution in [-0.4, -0.2) is 15.7 Å². The van der Waals surface area contributed by atoms with Crippen molar-refractivity contribution >= 4 is 11.6 Å². The fourth-order valence-electron chi connectivity index (χ4n) is 2.32. The van der Waals surface area contributed by atoms with Crippen LogP contribution in [-0.2, 0) is 30.7 Å². The van der Waals surface area contributed by atoms with Crippen LogP contribution in [0.5, 0.6) is 0 Å². The molecule has 0 aliphatic rings. The summed E-state index contributed by atoms with van der Waals surface area (Å²) in [5.74, 6) is -0.0568. The van der Waals surface area contributed by atoms with Gasteiger partial charge in [-0.15, -0.1) is 0 Å². The summed E-state index contributed by atoms with van der Waals surface area (Å²) in [6.45, 7) is 4.77. The van der Waals surface area contributed by atoms with Crippen LogP contribution in [0.3, 0.4) is 0 Å². The third-order valence-corrected chi connectivity index (χ3v) is 3.47. The van der Waals surface area contributed by atoms with Crippen molar-refractivity contribution in [3.8, 4) is 0 Å². The first kappa shape index (κ1) is 15.1. The van der Waals surface area contributed by atoms with E-state index in [0.29, 0.717) is 6.54 Å². The van der Waals surface area contributed by atoms with Crippen LogP contribution in [0.25, 0.3) is 0 Å². The van der Waals surface area contributed by atoms with E-state index >= 15 is 0 Å². The number of aromatic nitrogens is 2. The molecular formula is C16H22N4O. The molecule has 0 saturated carbocycles. The lowest BCUT2D eigenvalue weighted by atomic mass is 10.2. The lowest BCUT2D eigenvalue weighted by Crippen LogP contribution is -2.28. The molecule has 0 atom stereocenters. The minimum absolute atomic E-state index is 0.0568. The Morgan fingerprint density at radius 3 is 2.57 bits per heavy atom. The highest BCUT2D eigenvalue weighted by Gasteiger charge is 2.14. The van der Waals surface area contributed by atoms with E-state index in [4.69, 9.17) is 5.73 Å². The number of hydrogen-bond acceptors (Lipinski definition) is 3. The topological polar surface area (TPSA) is 72.9 Å². The normalized spacial score (nSPS) is 10.6. The smallest absolute Gasteiger partial charge is 0.242 e. The molecule has 1 aromatic carbocycles. The Bertz CT molecular complexity index is 604. The van der Waals surface area contributed by atoms with Gasteiger partial charge in [-0.2, -0.15) is 5.10 Å². The summed E-state index contributed by atoms with van der Waals surface area (Å²) in [5.41, 5.74) is 9.64. The van der Waals surface area contributed by atoms with E-state index in [0.717, 1.165) is 35.5 Å². The Balaban J connectivity index is 1.99. The van der Waals surface area contributed by atoms with Crippen molar-refractivity contribution in [3.63, 3.8) is 0 Å². The van der Waals surface area contributed by atoms with Gasteiger partial charge in [-0.05, 0) is 18.4 Å². The zero-order valence-electron chi connectivity index (χ0n) is 12.6. The van der Waals surface area contributed by atoms with Gasteiger partial charge >= 0.3 is 0 Å². The molecule has 0 aliphatic carbocycles. The third-order valence-electron chi connectivity index (χ3n) is 3.47. The van der Waals surface area contributed by atoms with Gasteiger partial charge < -0.3 is 11.1 Å². The summed E-state index contributed by atoms with van der Waals surface area (Å²) in [6, 6.07) is 9.84. The number of amides is 1. The highest BCUT2D eigenvalue weighted by atomic mass is 16.2. The summed E-state index contributed by atoms with van der Waals surface area (Å²) in [6.07, 6.45) is 1.54. The van der Waals surface area contributed by atoms with Gasteiger partial charge in [0.25, 0.3) is 0 Å². The van der Waals surface area contributed by atoms with Gasteiger partial charge in [-0.25, -0.2) is 0 Å². The number of aryl methyl sites for hydroxylation is 1. The summed E-state index contributed by atoms with van der Waals surface area (Å²) in [5, 5.41) is 7.33. The van der Waals surface area contributed by atoms with Crippen molar-refractivity contribution in [2.75, 3.05) is 5.73 Å². The number of nitrogens with zero attached hydrogens (tertiary/aromatic N) is 2. The Kier molecular flexibility index (Phi) is 4.98. The van der Waals surface area contributed by atoms with Gasteiger partial charge in [0.2, 0.25) is 5.91 Å². The quantitative estimate of drug-likeness (QED) is 0.852. The van der Waals surface area contributed by atoms with E-state index in [9.17, 15) is 4.79 Å². The first-order valence-electron chi connectivity index (χ1n) is 7.30. The fraction of sp³-hybridized carbons (Fsp3) is 0.375. The van der Waals surface area contributed by atoms with Crippen LogP contribution in [0, 0.1) is 0 Å². The van der Waals surface area contributed by atoms with Crippen molar-refractivity contribution < 1.29 is 4.79 Å². The zero-order chi connectivity index (χ0) is 15.2. The minimum atomic E-state index is -0.0568. The molecule has 1 aromatic heterocycles. The Labute approximate surface area is 125 Å². The molecule has 2 rings (SSSR count). The van der Waals surface area contributed by atoms with Crippen LogP contribution >= 0.6 is 0 Å². The summed E-state index contributed by atoms with van der Waals surface area (Å²) in [7, 11) is 0. The molecular weight excluding hydrogens is 264 g/mol. The van der Waals surface area contributed by atoms with Crippen molar-refractivity contribution in [2.45, 2.75) is 39.8 Å². The molecule has 2 aromatic rings. The predicted molar refractivity (Wildman–Crippen MR) is 83.7 cm³/mol. The molecule has 5 heteroatoms. The maximum atomic E-state index is 12.1. The number of anilines is 1. The van der Waals surface area contributed by atoms with Crippen LogP contribution in [0.1, 0.15) is 30.8 Å². The lowest BCUT2D eigenvalue weighted by Gasteiger charge is -2.08. The summed E-state index contributed by atoms with van der Waals surface area (Å²) >= 11 is 0. The molecule has 1 heterocycles. The zero-order valence-corrected chi connectivity index (χ0v) is 12.6. The van der Waals surface area contributed by atoms with Crippen LogP contribution in [0.4, 0.5) is 5.69 Å². The number of carbonyl (C=O) groups excluding carboxylic acids is 1. The molecule has 0 bridgehead atoms. The van der Waals surface area contributed by atoms with Crippen molar-refractivity contribution in [2.24, 2.45) is 0 Å². The Morgan fingerprint density at radius 1 is 1.24 bits per heavy atom. The fourth-order valence-corrected chi connectivity index (χ4v) is 2.32. The second-order valence-corrected chi connectivity index (χ2v) is 4.93. The molecule has 0 spiro atoms. The van der Waals surface area contributed by atoms with E-state index in [2.05, 4.69) is 10.4 Å². The van der Waals surface area contributed by atoms with Gasteiger partial charge in [0, 0.05) is 6.54 Å². The van der Waals surface area contributed by atoms with E-state index in [1.165, 1.54) is 0 Å². The number of benzene rings is 1. The molecule has 5 nitrogen and oxygen atoms in total. The maximum Gasteiger partial charge on any atom is 0.242 e. The summed E-state index contributed by atoms with van der Waals surface area (Å²) in [4.78, 5) is 12.1. The molecule has 112 valence electrons. The Morgan fingerprint density at radius 2 is 1.95 bits per heavy atom. The maximum absolute atomic E-state index is 12.1. The van der Waals surface area contributed by atoms with E-state index in [-0.39, 0.29) is 12.5 Å². The Hall–Kier alpha value is -2.30. The lowest BCUT2D eigenvalue weighted by molar-refractivity contribution is -0.122. The van der Waals surface area contributed by atoms with E-state index in [1.54, 1.807) is 4.68 Å². The van der Waals surface area contributed by atoms with Gasteiger partial charge in [-0.1, -0.05) is 44.2 Å². The minimum Gasteiger partial charge on any atom is -0.396 e. The molecule has 21 heavy (non-hydrogen) atoms. The first-order chi connectivity index (χ1) is 10.2. The number of nitrogens with one attached hydrogen (secondary N) is 1. The molecule has 0 aliphatic heterocycles. The average Bonchev–Trinajstić information content (AvgIpc) is 2.81. The van der Waals surface area contributed by atoms with E-state index < -0.39 is 0 Å². The third kappa shape index (κ3) is 3.62. The number of nitrogens with two attached hydrogens (primary N) is 1. The highest BCUT2D eigenvalue weighted by molar-refractivity contribution is 5.76. The van der Waals surface area contributed by atoms with Crippen LogP contribution in [0.15, 0.2) is 30.3 Å². The second kappa shape index (κ2) is 6.92. The van der Waals surface area contributed by atoms with Crippen LogP contribution < -0.4 is 11.1 Å². The molecule has 0 radical (unpaired) electrons. The average molecular weight is 286 g/mol. The monoisotopic (exact) mass is 286 g/mol. The van der Waals surface area contributed by atoms with E-state index in [1.807, 2.05) is 44.2 Å². The molecule has 0 unspecified atom stereocenters. The van der Waals surface area contributed by atoms with Gasteiger partial charge in [-0.3, -0.25) is 9.48 Å². The number of hydrogen-bond donors (Lipinski definition) is 2. The molecule has 1 amide bonds. The van der Waals surface area contributed by atoms with Gasteiger partial charge in [0.05, 0.1) is 17.1 Å². The predicted octanol–water partition coefficient (Wildman–Crippen LogP) is 1.91. The largest absolute Gasteiger partial charge is 0.396 e. The van der Waals surface area contributed by atoms with Crippen LogP contribution in [0.2, 0.25) is 0 Å². The molecule has 0 fully saturated rings. The van der Waals surface area contributed by atoms with Crippen molar-refractivity contribution in [1.82, 2.24) is 15.1 Å². The second-order valence-electron chi connectivity index (χ2n) is 4.93. The molecule has 0 saturated heterocycles. The highest BCUT2D eigenvalue weighted by Crippen LogP contribution is 2.18. The van der Waals surface area contributed by atoms with Gasteiger partial charge in [0.15, 0.2) is 0 Å². The number of nitrogen functional groups attached to an aromatic ring is 1. The van der Waals surface area contributed by atoms with Crippen molar-refractivity contribution in [1.29, 1.82) is 0 Å². The number of rotatable bonds is 6. The standard InChI is InChI=1S/C16H22N4O/c1-3-13-16(17)14(4-2)20(19-13)11-15(21)18-10-12-8-6-5-7-9-12/h5-9H,3-4,10-11,17H2,1-2H3,(H,18,21).